The zero-order valence-electron chi connectivity index (χ0n) is 15.7. The smallest absolute Gasteiger partial charge is 0.194 e. The van der Waals surface area contributed by atoms with Crippen molar-refractivity contribution in [3.8, 4) is 11.1 Å². The molecular weight excluding hydrogens is 368 g/mol. The molecule has 27 heavy (non-hydrogen) atoms. The number of halogens is 4. The van der Waals surface area contributed by atoms with Crippen LogP contribution in [0.3, 0.4) is 0 Å². The average Bonchev–Trinajstić information content (AvgIpc) is 2.65. The molecule has 1 saturated heterocycles. The van der Waals surface area contributed by atoms with E-state index in [9.17, 15) is 17.6 Å². The molecular formula is C22H26F4Si. The standard InChI is InChI=1S/C22H26F4Si/c1-2-9-27-10-7-15(8-11-27)3-4-16-5-6-18(19(23)12-16)17-13-20(24)22(26)21(25)14-17/h5-6,12-15,27H,2-4,7-11H2,1H3/t15-,27-. The predicted molar refractivity (Wildman–Crippen MR) is 105 cm³/mol. The Bertz CT molecular complexity index is 759. The summed E-state index contributed by atoms with van der Waals surface area (Å²) >= 11 is 0. The maximum atomic E-state index is 14.5. The van der Waals surface area contributed by atoms with E-state index < -0.39 is 32.1 Å². The van der Waals surface area contributed by atoms with Crippen molar-refractivity contribution >= 4 is 8.80 Å². The molecule has 0 N–H and O–H groups in total. The summed E-state index contributed by atoms with van der Waals surface area (Å²) in [6, 6.07) is 10.8. The zero-order valence-corrected chi connectivity index (χ0v) is 16.9. The molecule has 0 unspecified atom stereocenters. The van der Waals surface area contributed by atoms with Crippen molar-refractivity contribution in [2.75, 3.05) is 0 Å². The maximum absolute atomic E-state index is 14.5. The van der Waals surface area contributed by atoms with Crippen molar-refractivity contribution < 1.29 is 17.6 Å². The van der Waals surface area contributed by atoms with E-state index in [1.165, 1.54) is 49.5 Å². The van der Waals surface area contributed by atoms with Crippen molar-refractivity contribution in [2.45, 2.75) is 57.2 Å². The number of hydrogen-bond donors (Lipinski definition) is 0. The average molecular weight is 395 g/mol. The van der Waals surface area contributed by atoms with Gasteiger partial charge >= 0.3 is 0 Å². The lowest BCUT2D eigenvalue weighted by atomic mass is 9.93. The van der Waals surface area contributed by atoms with Crippen LogP contribution in [0.5, 0.6) is 0 Å². The molecule has 146 valence electrons. The van der Waals surface area contributed by atoms with E-state index in [4.69, 9.17) is 0 Å². The van der Waals surface area contributed by atoms with Gasteiger partial charge in [-0.1, -0.05) is 56.5 Å². The molecule has 0 atom stereocenters. The Morgan fingerprint density at radius 3 is 2.19 bits per heavy atom. The van der Waals surface area contributed by atoms with Crippen LogP contribution in [-0.2, 0) is 6.42 Å². The van der Waals surface area contributed by atoms with Crippen LogP contribution in [0.25, 0.3) is 11.1 Å². The highest BCUT2D eigenvalue weighted by Crippen LogP contribution is 2.32. The molecule has 1 aliphatic heterocycles. The van der Waals surface area contributed by atoms with Crippen molar-refractivity contribution in [3.63, 3.8) is 0 Å². The van der Waals surface area contributed by atoms with Gasteiger partial charge in [0.2, 0.25) is 0 Å². The van der Waals surface area contributed by atoms with Crippen molar-refractivity contribution in [1.82, 2.24) is 0 Å². The normalized spacial score (nSPS) is 20.0. The van der Waals surface area contributed by atoms with E-state index in [0.29, 0.717) is 0 Å². The molecule has 2 aromatic rings. The summed E-state index contributed by atoms with van der Waals surface area (Å²) in [5, 5.41) is 0. The largest absolute Gasteiger partial charge is 0.206 e. The van der Waals surface area contributed by atoms with Crippen molar-refractivity contribution in [1.29, 1.82) is 0 Å². The van der Waals surface area contributed by atoms with Crippen LogP contribution in [0.4, 0.5) is 17.6 Å². The van der Waals surface area contributed by atoms with E-state index in [1.807, 2.05) is 0 Å². The number of rotatable bonds is 6. The van der Waals surface area contributed by atoms with Crippen LogP contribution in [0.15, 0.2) is 30.3 Å². The zero-order chi connectivity index (χ0) is 19.4. The molecule has 3 rings (SSSR count). The minimum Gasteiger partial charge on any atom is -0.206 e. The van der Waals surface area contributed by atoms with Crippen LogP contribution in [0, 0.1) is 29.2 Å². The van der Waals surface area contributed by atoms with Gasteiger partial charge in [0.05, 0.1) is 0 Å². The fourth-order valence-electron chi connectivity index (χ4n) is 4.25. The van der Waals surface area contributed by atoms with E-state index >= 15 is 0 Å². The van der Waals surface area contributed by atoms with Gasteiger partial charge < -0.3 is 0 Å². The Labute approximate surface area is 160 Å². The lowest BCUT2D eigenvalue weighted by molar-refractivity contribution is 0.437. The van der Waals surface area contributed by atoms with Gasteiger partial charge in [0.15, 0.2) is 17.5 Å². The molecule has 0 spiro atoms. The van der Waals surface area contributed by atoms with Crippen LogP contribution in [0.2, 0.25) is 18.1 Å². The van der Waals surface area contributed by atoms with Gasteiger partial charge in [-0.3, -0.25) is 0 Å². The highest BCUT2D eigenvalue weighted by atomic mass is 28.3. The molecule has 5 heteroatoms. The van der Waals surface area contributed by atoms with E-state index in [0.717, 1.165) is 36.5 Å². The maximum Gasteiger partial charge on any atom is 0.194 e. The molecule has 0 bridgehead atoms. The number of aryl methyl sites for hydroxylation is 1. The lowest BCUT2D eigenvalue weighted by Crippen LogP contribution is -2.21. The van der Waals surface area contributed by atoms with Crippen LogP contribution in [0.1, 0.15) is 38.2 Å². The molecule has 0 amide bonds. The van der Waals surface area contributed by atoms with Gasteiger partial charge in [-0.05, 0) is 48.1 Å². The summed E-state index contributed by atoms with van der Waals surface area (Å²) in [6.45, 7) is 2.27. The van der Waals surface area contributed by atoms with E-state index in [2.05, 4.69) is 6.92 Å². The quantitative estimate of drug-likeness (QED) is 0.284. The first-order valence-electron chi connectivity index (χ1n) is 9.91. The molecule has 0 aromatic heterocycles. The topological polar surface area (TPSA) is 0 Å². The fourth-order valence-corrected chi connectivity index (χ4v) is 7.82. The van der Waals surface area contributed by atoms with Gasteiger partial charge in [0, 0.05) is 14.4 Å². The minimum absolute atomic E-state index is 0.00894. The summed E-state index contributed by atoms with van der Waals surface area (Å²) in [6.07, 6.45) is 5.81. The highest BCUT2D eigenvalue weighted by molar-refractivity contribution is 6.58. The first-order chi connectivity index (χ1) is 13.0. The SMILES string of the molecule is CCC[Si@H]1CC[C@H](CCc2ccc(-c3cc(F)c(F)c(F)c3)c(F)c2)CC1. The first kappa shape index (κ1) is 20.1. The van der Waals surface area contributed by atoms with Gasteiger partial charge in [-0.15, -0.1) is 0 Å². The lowest BCUT2D eigenvalue weighted by Gasteiger charge is -2.27. The number of hydrogen-bond acceptors (Lipinski definition) is 0. The Morgan fingerprint density at radius 1 is 0.926 bits per heavy atom. The molecule has 1 fully saturated rings. The minimum atomic E-state index is -1.53. The second kappa shape index (κ2) is 9.05. The molecule has 2 aromatic carbocycles. The van der Waals surface area contributed by atoms with Gasteiger partial charge in [-0.2, -0.15) is 0 Å². The van der Waals surface area contributed by atoms with Crippen molar-refractivity contribution in [3.05, 3.63) is 59.2 Å². The van der Waals surface area contributed by atoms with E-state index in [-0.39, 0.29) is 11.1 Å². The molecule has 0 nitrogen and oxygen atoms in total. The van der Waals surface area contributed by atoms with Gasteiger partial charge in [0.1, 0.15) is 5.82 Å². The van der Waals surface area contributed by atoms with Gasteiger partial charge in [0.25, 0.3) is 0 Å². The second-order valence-electron chi connectivity index (χ2n) is 7.78. The van der Waals surface area contributed by atoms with Crippen LogP contribution in [-0.4, -0.2) is 8.80 Å². The Kier molecular flexibility index (Phi) is 6.74. The Balaban J connectivity index is 1.62. The molecule has 0 aliphatic carbocycles. The monoisotopic (exact) mass is 394 g/mol. The summed E-state index contributed by atoms with van der Waals surface area (Å²) in [4.78, 5) is 0. The molecule has 0 radical (unpaired) electrons. The first-order valence-corrected chi connectivity index (χ1v) is 12.4. The van der Waals surface area contributed by atoms with E-state index in [1.54, 1.807) is 6.07 Å². The Morgan fingerprint density at radius 2 is 1.59 bits per heavy atom. The summed E-state index contributed by atoms with van der Waals surface area (Å²) < 4.78 is 54.4. The van der Waals surface area contributed by atoms with Crippen LogP contribution < -0.4 is 0 Å². The number of benzene rings is 2. The van der Waals surface area contributed by atoms with Crippen molar-refractivity contribution in [2.24, 2.45) is 5.92 Å². The predicted octanol–water partition coefficient (Wildman–Crippen LogP) is 6.89. The fraction of sp³-hybridized carbons (Fsp3) is 0.455. The third-order valence-electron chi connectivity index (χ3n) is 5.83. The van der Waals surface area contributed by atoms with Gasteiger partial charge in [-0.25, -0.2) is 17.6 Å². The Hall–Kier alpha value is -1.62. The molecule has 1 heterocycles. The van der Waals surface area contributed by atoms with Crippen LogP contribution >= 0.6 is 0 Å². The molecule has 0 saturated carbocycles. The third-order valence-corrected chi connectivity index (χ3v) is 9.53. The summed E-state index contributed by atoms with van der Waals surface area (Å²) in [5.74, 6) is -3.95. The summed E-state index contributed by atoms with van der Waals surface area (Å²) in [5.41, 5.74) is 0.990. The molecule has 1 aliphatic rings. The highest BCUT2D eigenvalue weighted by Gasteiger charge is 2.21. The third kappa shape index (κ3) is 5.01. The summed E-state index contributed by atoms with van der Waals surface area (Å²) in [7, 11) is -0.473. The second-order valence-corrected chi connectivity index (χ2v) is 11.2.